The fraction of sp³-hybridized carbons (Fsp3) is 0.333. The third kappa shape index (κ3) is 1.13. The first-order valence-corrected chi connectivity index (χ1v) is 4.94. The summed E-state index contributed by atoms with van der Waals surface area (Å²) >= 11 is 4.30. The first-order valence-electron chi connectivity index (χ1n) is 4.42. The molecule has 1 aromatic rings. The Balaban J connectivity index is 2.11. The van der Waals surface area contributed by atoms with Crippen molar-refractivity contribution in [3.05, 3.63) is 17.7 Å². The Kier molecular flexibility index (Phi) is 1.75. The highest BCUT2D eigenvalue weighted by molar-refractivity contribution is 7.81. The van der Waals surface area contributed by atoms with Gasteiger partial charge in [0.25, 0.3) is 0 Å². The lowest BCUT2D eigenvalue weighted by Gasteiger charge is -2.19. The van der Waals surface area contributed by atoms with Crippen molar-refractivity contribution in [1.29, 1.82) is 0 Å². The van der Waals surface area contributed by atoms with Gasteiger partial charge in [0.1, 0.15) is 11.2 Å². The molecule has 3 rings (SSSR count). The predicted octanol–water partition coefficient (Wildman–Crippen LogP) is 1.60. The van der Waals surface area contributed by atoms with Crippen LogP contribution in [0.4, 0.5) is 11.4 Å². The number of thiol groups is 1. The number of benzene rings is 1. The number of hydrogen-bond acceptors (Lipinski definition) is 5. The first kappa shape index (κ1) is 8.26. The van der Waals surface area contributed by atoms with E-state index >= 15 is 0 Å². The molecule has 5 heteroatoms. The molecule has 0 aliphatic carbocycles. The van der Waals surface area contributed by atoms with Gasteiger partial charge in [-0.2, -0.15) is 0 Å². The lowest BCUT2D eigenvalue weighted by molar-refractivity contribution is -0.0159. The van der Waals surface area contributed by atoms with Crippen LogP contribution in [0.2, 0.25) is 0 Å². The molecular formula is C9H10N2O2S. The number of rotatable bonds is 0. The van der Waals surface area contributed by atoms with E-state index in [1.807, 2.05) is 12.1 Å². The molecule has 0 saturated heterocycles. The van der Waals surface area contributed by atoms with Crippen LogP contribution in [-0.2, 0) is 11.3 Å². The fourth-order valence-corrected chi connectivity index (χ4v) is 2.03. The Labute approximate surface area is 87.0 Å². The topological polar surface area (TPSA) is 42.5 Å². The zero-order valence-electron chi connectivity index (χ0n) is 7.41. The van der Waals surface area contributed by atoms with Crippen LogP contribution in [0, 0.1) is 0 Å². The van der Waals surface area contributed by atoms with Gasteiger partial charge >= 0.3 is 0 Å². The van der Waals surface area contributed by atoms with E-state index in [0.717, 1.165) is 22.7 Å². The van der Waals surface area contributed by atoms with Crippen LogP contribution in [0.5, 0.6) is 5.75 Å². The minimum Gasteiger partial charge on any atom is -0.467 e. The molecule has 2 aliphatic rings. The van der Waals surface area contributed by atoms with E-state index in [-0.39, 0.29) is 5.50 Å². The summed E-state index contributed by atoms with van der Waals surface area (Å²) in [6.07, 6.45) is 0. The van der Waals surface area contributed by atoms with Crippen molar-refractivity contribution in [1.82, 2.24) is 0 Å². The summed E-state index contributed by atoms with van der Waals surface area (Å²) < 4.78 is 10.6. The molecule has 2 heterocycles. The van der Waals surface area contributed by atoms with Crippen LogP contribution in [0.3, 0.4) is 0 Å². The van der Waals surface area contributed by atoms with Gasteiger partial charge in [0, 0.05) is 5.56 Å². The summed E-state index contributed by atoms with van der Waals surface area (Å²) in [6.45, 7) is 0.928. The van der Waals surface area contributed by atoms with Gasteiger partial charge in [-0.05, 0) is 12.1 Å². The Hall–Kier alpha value is -1.07. The van der Waals surface area contributed by atoms with E-state index < -0.39 is 0 Å². The third-order valence-corrected chi connectivity index (χ3v) is 2.65. The highest BCUT2D eigenvalue weighted by Gasteiger charge is 2.24. The van der Waals surface area contributed by atoms with Crippen LogP contribution in [-0.4, -0.2) is 12.3 Å². The van der Waals surface area contributed by atoms with Gasteiger partial charge in [0.15, 0.2) is 6.79 Å². The van der Waals surface area contributed by atoms with E-state index in [0.29, 0.717) is 13.4 Å². The quantitative estimate of drug-likeness (QED) is 0.569. The molecule has 2 aliphatic heterocycles. The average molecular weight is 210 g/mol. The summed E-state index contributed by atoms with van der Waals surface area (Å²) in [5.41, 5.74) is 3.14. The average Bonchev–Trinajstić information content (AvgIpc) is 2.59. The number of ether oxygens (including phenoxy) is 2. The minimum absolute atomic E-state index is 0.0292. The van der Waals surface area contributed by atoms with Gasteiger partial charge in [-0.1, -0.05) is 0 Å². The largest absolute Gasteiger partial charge is 0.467 e. The monoisotopic (exact) mass is 210 g/mol. The number of hydrogen-bond donors (Lipinski definition) is 3. The van der Waals surface area contributed by atoms with Crippen molar-refractivity contribution in [3.63, 3.8) is 0 Å². The molecule has 14 heavy (non-hydrogen) atoms. The minimum atomic E-state index is -0.0292. The molecule has 0 saturated carbocycles. The molecule has 74 valence electrons. The summed E-state index contributed by atoms with van der Waals surface area (Å²) in [6, 6.07) is 3.94. The van der Waals surface area contributed by atoms with Crippen LogP contribution in [0.25, 0.3) is 0 Å². The molecule has 0 aromatic heterocycles. The number of fused-ring (bicyclic) bond motifs is 3. The predicted molar refractivity (Wildman–Crippen MR) is 56.7 cm³/mol. The fourth-order valence-electron chi connectivity index (χ4n) is 1.76. The lowest BCUT2D eigenvalue weighted by atomic mass is 10.1. The van der Waals surface area contributed by atoms with Crippen LogP contribution < -0.4 is 15.4 Å². The van der Waals surface area contributed by atoms with E-state index in [9.17, 15) is 0 Å². The second-order valence-electron chi connectivity index (χ2n) is 3.27. The van der Waals surface area contributed by atoms with Gasteiger partial charge in [-0.25, -0.2) is 0 Å². The maximum Gasteiger partial charge on any atom is 0.189 e. The smallest absolute Gasteiger partial charge is 0.189 e. The Morgan fingerprint density at radius 1 is 1.36 bits per heavy atom. The van der Waals surface area contributed by atoms with Crippen molar-refractivity contribution in [2.45, 2.75) is 12.1 Å². The van der Waals surface area contributed by atoms with Gasteiger partial charge in [0.2, 0.25) is 0 Å². The molecule has 0 radical (unpaired) electrons. The van der Waals surface area contributed by atoms with Crippen molar-refractivity contribution < 1.29 is 9.47 Å². The van der Waals surface area contributed by atoms with E-state index in [1.54, 1.807) is 0 Å². The first-order chi connectivity index (χ1) is 6.84. The summed E-state index contributed by atoms with van der Waals surface area (Å²) in [4.78, 5) is 0. The van der Waals surface area contributed by atoms with E-state index in [4.69, 9.17) is 9.47 Å². The standard InChI is InChI=1S/C9H10N2O2S/c14-9-10-6-1-2-7-5(8(6)11-9)3-12-4-13-7/h1-2,9-11,14H,3-4H2. The molecular weight excluding hydrogens is 200 g/mol. The molecule has 0 bridgehead atoms. The summed E-state index contributed by atoms with van der Waals surface area (Å²) in [5.74, 6) is 0.895. The Morgan fingerprint density at radius 2 is 2.29 bits per heavy atom. The van der Waals surface area contributed by atoms with Crippen molar-refractivity contribution >= 4 is 24.0 Å². The molecule has 1 unspecified atom stereocenters. The maximum atomic E-state index is 5.37. The second-order valence-corrected chi connectivity index (χ2v) is 3.78. The zero-order chi connectivity index (χ0) is 9.54. The number of anilines is 2. The molecule has 0 amide bonds. The van der Waals surface area contributed by atoms with Crippen molar-refractivity contribution in [2.75, 3.05) is 17.4 Å². The molecule has 2 N–H and O–H groups in total. The zero-order valence-corrected chi connectivity index (χ0v) is 8.30. The lowest BCUT2D eigenvalue weighted by Crippen LogP contribution is -2.15. The molecule has 1 aromatic carbocycles. The Morgan fingerprint density at radius 3 is 3.21 bits per heavy atom. The van der Waals surface area contributed by atoms with E-state index in [1.165, 1.54) is 0 Å². The van der Waals surface area contributed by atoms with Gasteiger partial charge < -0.3 is 20.1 Å². The molecule has 0 spiro atoms. The number of nitrogens with one attached hydrogen (secondary N) is 2. The van der Waals surface area contributed by atoms with Gasteiger partial charge in [-0.15, -0.1) is 12.6 Å². The highest BCUT2D eigenvalue weighted by Crippen LogP contribution is 2.40. The van der Waals surface area contributed by atoms with Crippen molar-refractivity contribution in [3.8, 4) is 5.75 Å². The second kappa shape index (κ2) is 2.96. The van der Waals surface area contributed by atoms with Crippen LogP contribution >= 0.6 is 12.6 Å². The van der Waals surface area contributed by atoms with Gasteiger partial charge in [-0.3, -0.25) is 0 Å². The normalized spacial score (nSPS) is 22.8. The van der Waals surface area contributed by atoms with Gasteiger partial charge in [0.05, 0.1) is 18.0 Å². The summed E-state index contributed by atoms with van der Waals surface area (Å²) in [7, 11) is 0. The van der Waals surface area contributed by atoms with Crippen LogP contribution in [0.1, 0.15) is 5.56 Å². The summed E-state index contributed by atoms with van der Waals surface area (Å²) in [5, 5.41) is 6.41. The highest BCUT2D eigenvalue weighted by atomic mass is 32.1. The SMILES string of the molecule is SC1Nc2ccc3c(c2N1)COCO3. The molecule has 1 atom stereocenters. The third-order valence-electron chi connectivity index (χ3n) is 2.39. The van der Waals surface area contributed by atoms with Crippen LogP contribution in [0.15, 0.2) is 12.1 Å². The maximum absolute atomic E-state index is 5.37. The van der Waals surface area contributed by atoms with E-state index in [2.05, 4.69) is 23.3 Å². The molecule has 0 fully saturated rings. The van der Waals surface area contributed by atoms with Crippen molar-refractivity contribution in [2.24, 2.45) is 0 Å². The molecule has 4 nitrogen and oxygen atoms in total. The Bertz CT molecular complexity index is 383.